The zero-order valence-corrected chi connectivity index (χ0v) is 6.73. The number of rotatable bonds is 2. The molecule has 0 aliphatic rings. The summed E-state index contributed by atoms with van der Waals surface area (Å²) in [6, 6.07) is 1.47. The van der Waals surface area contributed by atoms with Crippen LogP contribution in [0.3, 0.4) is 0 Å². The molecule has 0 N–H and O–H groups in total. The topological polar surface area (TPSA) is 22.1 Å². The van der Waals surface area contributed by atoms with Crippen molar-refractivity contribution in [2.45, 2.75) is 5.88 Å². The van der Waals surface area contributed by atoms with Crippen molar-refractivity contribution in [3.8, 4) is 5.88 Å². The minimum atomic E-state index is -0.402. The van der Waals surface area contributed by atoms with E-state index >= 15 is 0 Å². The number of aromatic nitrogens is 1. The number of hydrogen-bond acceptors (Lipinski definition) is 2. The number of halogens is 2. The highest BCUT2D eigenvalue weighted by molar-refractivity contribution is 6.17. The predicted octanol–water partition coefficient (Wildman–Crippen LogP) is 1.97. The average molecular weight is 176 g/mol. The van der Waals surface area contributed by atoms with E-state index in [0.717, 1.165) is 6.20 Å². The Morgan fingerprint density at radius 3 is 3.00 bits per heavy atom. The molecule has 0 aromatic carbocycles. The molecule has 0 unspecified atom stereocenters. The number of hydrogen-bond donors (Lipinski definition) is 0. The van der Waals surface area contributed by atoms with Crippen molar-refractivity contribution >= 4 is 11.6 Å². The van der Waals surface area contributed by atoms with Gasteiger partial charge in [-0.05, 0) is 0 Å². The van der Waals surface area contributed by atoms with Crippen LogP contribution in [-0.2, 0) is 5.88 Å². The molecule has 0 saturated carbocycles. The van der Waals surface area contributed by atoms with Crippen LogP contribution in [0.2, 0.25) is 0 Å². The van der Waals surface area contributed by atoms with Gasteiger partial charge in [0.05, 0.1) is 19.2 Å². The van der Waals surface area contributed by atoms with Crippen molar-refractivity contribution in [3.05, 3.63) is 23.6 Å². The summed E-state index contributed by atoms with van der Waals surface area (Å²) in [4.78, 5) is 3.65. The average Bonchev–Trinajstić information content (AvgIpc) is 2.05. The minimum absolute atomic E-state index is 0.130. The van der Waals surface area contributed by atoms with Gasteiger partial charge in [0.15, 0.2) is 0 Å². The first-order chi connectivity index (χ1) is 5.27. The Kier molecular flexibility index (Phi) is 2.65. The van der Waals surface area contributed by atoms with Crippen LogP contribution < -0.4 is 4.74 Å². The van der Waals surface area contributed by atoms with Crippen LogP contribution in [0.5, 0.6) is 5.88 Å². The smallest absolute Gasteiger partial charge is 0.213 e. The van der Waals surface area contributed by atoms with Gasteiger partial charge in [-0.3, -0.25) is 0 Å². The summed E-state index contributed by atoms with van der Waals surface area (Å²) in [5, 5.41) is 0. The summed E-state index contributed by atoms with van der Waals surface area (Å²) in [5.41, 5.74) is 0.401. The van der Waals surface area contributed by atoms with Gasteiger partial charge in [0.2, 0.25) is 5.88 Å². The molecule has 1 aromatic rings. The first kappa shape index (κ1) is 8.27. The van der Waals surface area contributed by atoms with E-state index in [0.29, 0.717) is 11.4 Å². The van der Waals surface area contributed by atoms with Crippen molar-refractivity contribution in [1.29, 1.82) is 0 Å². The van der Waals surface area contributed by atoms with E-state index in [1.807, 2.05) is 0 Å². The molecule has 2 nitrogen and oxygen atoms in total. The number of alkyl halides is 1. The van der Waals surface area contributed by atoms with Crippen LogP contribution in [0.1, 0.15) is 5.56 Å². The lowest BCUT2D eigenvalue weighted by Gasteiger charge is -2.00. The second kappa shape index (κ2) is 3.53. The van der Waals surface area contributed by atoms with Crippen molar-refractivity contribution in [2.24, 2.45) is 0 Å². The van der Waals surface area contributed by atoms with Gasteiger partial charge in [-0.15, -0.1) is 11.6 Å². The number of pyridine rings is 1. The Labute approximate surface area is 69.0 Å². The molecule has 4 heteroatoms. The lowest BCUT2D eigenvalue weighted by atomic mass is 10.3. The molecular formula is C7H7ClFNO. The normalized spacial score (nSPS) is 9.73. The van der Waals surface area contributed by atoms with Crippen LogP contribution in [0, 0.1) is 5.82 Å². The Bertz CT molecular complexity index is 254. The van der Waals surface area contributed by atoms with Crippen molar-refractivity contribution in [3.63, 3.8) is 0 Å². The second-order valence-electron chi connectivity index (χ2n) is 1.95. The Morgan fingerprint density at radius 1 is 1.73 bits per heavy atom. The van der Waals surface area contributed by atoms with Crippen LogP contribution in [0.15, 0.2) is 12.3 Å². The van der Waals surface area contributed by atoms with Gasteiger partial charge in [-0.2, -0.15) is 0 Å². The van der Waals surface area contributed by atoms with Gasteiger partial charge < -0.3 is 4.74 Å². The minimum Gasteiger partial charge on any atom is -0.481 e. The van der Waals surface area contributed by atoms with Gasteiger partial charge in [0.25, 0.3) is 0 Å². The molecule has 1 aromatic heterocycles. The molecule has 11 heavy (non-hydrogen) atoms. The van der Waals surface area contributed by atoms with Crippen LogP contribution >= 0.6 is 11.6 Å². The Morgan fingerprint density at radius 2 is 2.45 bits per heavy atom. The first-order valence-corrected chi connectivity index (χ1v) is 3.55. The van der Waals surface area contributed by atoms with Crippen LogP contribution in [0.25, 0.3) is 0 Å². The summed E-state index contributed by atoms with van der Waals surface area (Å²) < 4.78 is 17.5. The summed E-state index contributed by atoms with van der Waals surface area (Å²) >= 11 is 5.44. The fourth-order valence-corrected chi connectivity index (χ4v) is 0.877. The fourth-order valence-electron chi connectivity index (χ4n) is 0.672. The molecule has 0 atom stereocenters. The van der Waals surface area contributed by atoms with Gasteiger partial charge >= 0.3 is 0 Å². The third-order valence-corrected chi connectivity index (χ3v) is 1.55. The highest BCUT2D eigenvalue weighted by Crippen LogP contribution is 2.14. The summed E-state index contributed by atoms with van der Waals surface area (Å²) in [5.74, 6) is 0.105. The van der Waals surface area contributed by atoms with E-state index in [9.17, 15) is 4.39 Å². The molecule has 0 aliphatic heterocycles. The molecule has 0 bridgehead atoms. The van der Waals surface area contributed by atoms with E-state index in [2.05, 4.69) is 4.98 Å². The molecule has 0 fully saturated rings. The number of ether oxygens (including phenoxy) is 1. The van der Waals surface area contributed by atoms with Crippen molar-refractivity contribution in [1.82, 2.24) is 4.98 Å². The zero-order valence-electron chi connectivity index (χ0n) is 5.97. The SMILES string of the molecule is COc1cc(CCl)c(F)cn1. The lowest BCUT2D eigenvalue weighted by molar-refractivity contribution is 0.395. The molecule has 0 spiro atoms. The van der Waals surface area contributed by atoms with Gasteiger partial charge in [-0.1, -0.05) is 0 Å². The molecule has 0 radical (unpaired) electrons. The van der Waals surface area contributed by atoms with E-state index in [-0.39, 0.29) is 5.88 Å². The van der Waals surface area contributed by atoms with Gasteiger partial charge in [0, 0.05) is 11.6 Å². The quantitative estimate of drug-likeness (QED) is 0.642. The highest BCUT2D eigenvalue weighted by Gasteiger charge is 2.02. The van der Waals surface area contributed by atoms with Gasteiger partial charge in [-0.25, -0.2) is 9.37 Å². The Hall–Kier alpha value is -0.830. The second-order valence-corrected chi connectivity index (χ2v) is 2.22. The van der Waals surface area contributed by atoms with E-state index in [1.165, 1.54) is 13.2 Å². The summed E-state index contributed by atoms with van der Waals surface area (Å²) in [6.45, 7) is 0. The summed E-state index contributed by atoms with van der Waals surface area (Å²) in [7, 11) is 1.47. The number of methoxy groups -OCH3 is 1. The lowest BCUT2D eigenvalue weighted by Crippen LogP contribution is -1.92. The first-order valence-electron chi connectivity index (χ1n) is 3.02. The molecular weight excluding hydrogens is 169 g/mol. The largest absolute Gasteiger partial charge is 0.481 e. The number of nitrogens with zero attached hydrogens (tertiary/aromatic N) is 1. The van der Waals surface area contributed by atoms with E-state index < -0.39 is 5.82 Å². The van der Waals surface area contributed by atoms with Crippen LogP contribution in [0.4, 0.5) is 4.39 Å². The maximum atomic E-state index is 12.7. The molecule has 1 rings (SSSR count). The maximum absolute atomic E-state index is 12.7. The molecule has 0 amide bonds. The molecule has 60 valence electrons. The zero-order chi connectivity index (χ0) is 8.27. The monoisotopic (exact) mass is 175 g/mol. The standard InChI is InChI=1S/C7H7ClFNO/c1-11-7-2-5(3-8)6(9)4-10-7/h2,4H,3H2,1H3. The van der Waals surface area contributed by atoms with Crippen molar-refractivity contribution in [2.75, 3.05) is 7.11 Å². The van der Waals surface area contributed by atoms with Crippen LogP contribution in [-0.4, -0.2) is 12.1 Å². The molecule has 0 saturated heterocycles. The maximum Gasteiger partial charge on any atom is 0.213 e. The van der Waals surface area contributed by atoms with Gasteiger partial charge in [0.1, 0.15) is 5.82 Å². The highest BCUT2D eigenvalue weighted by atomic mass is 35.5. The third-order valence-electron chi connectivity index (χ3n) is 1.26. The predicted molar refractivity (Wildman–Crippen MR) is 40.3 cm³/mol. The fraction of sp³-hybridized carbons (Fsp3) is 0.286. The Balaban J connectivity index is 3.02. The third kappa shape index (κ3) is 1.80. The molecule has 0 aliphatic carbocycles. The summed E-state index contributed by atoms with van der Waals surface area (Å²) in [6.07, 6.45) is 1.09. The van der Waals surface area contributed by atoms with E-state index in [1.54, 1.807) is 0 Å². The van der Waals surface area contributed by atoms with Crippen molar-refractivity contribution < 1.29 is 9.13 Å². The molecule has 1 heterocycles. The van der Waals surface area contributed by atoms with E-state index in [4.69, 9.17) is 16.3 Å².